The third-order valence-electron chi connectivity index (χ3n) is 10.4. The number of rotatable bonds is 19. The van der Waals surface area contributed by atoms with Gasteiger partial charge in [0.2, 0.25) is 17.7 Å². The molecule has 4 rings (SSSR count). The third-order valence-corrected chi connectivity index (χ3v) is 11.2. The summed E-state index contributed by atoms with van der Waals surface area (Å²) in [4.78, 5) is 60.3. The van der Waals surface area contributed by atoms with Gasteiger partial charge in [0, 0.05) is 43.6 Å². The van der Waals surface area contributed by atoms with Crippen LogP contribution in [0.4, 0.5) is 0 Å². The average Bonchev–Trinajstić information content (AvgIpc) is 3.67. The summed E-state index contributed by atoms with van der Waals surface area (Å²) in [6.07, 6.45) is 4.32. The number of hydrogen-bond acceptors (Lipinski definition) is 8. The first kappa shape index (κ1) is 41.7. The van der Waals surface area contributed by atoms with E-state index in [0.717, 1.165) is 0 Å². The summed E-state index contributed by atoms with van der Waals surface area (Å²) in [5.74, 6) is -3.49. The summed E-state index contributed by atoms with van der Waals surface area (Å²) in [7, 11) is 1.51. The van der Waals surface area contributed by atoms with Gasteiger partial charge in [-0.05, 0) is 56.9 Å². The van der Waals surface area contributed by atoms with Crippen molar-refractivity contribution in [2.24, 2.45) is 17.3 Å². The van der Waals surface area contributed by atoms with Gasteiger partial charge in [-0.3, -0.25) is 19.2 Å². The highest BCUT2D eigenvalue weighted by Crippen LogP contribution is 2.61. The van der Waals surface area contributed by atoms with Crippen molar-refractivity contribution in [1.82, 2.24) is 15.1 Å². The summed E-state index contributed by atoms with van der Waals surface area (Å²) in [6.45, 7) is 18.6. The van der Waals surface area contributed by atoms with E-state index in [1.165, 1.54) is 7.11 Å². The van der Waals surface area contributed by atoms with Crippen LogP contribution in [0.2, 0.25) is 0 Å². The Balaban J connectivity index is 1.75. The number of halogens is 1. The van der Waals surface area contributed by atoms with E-state index >= 15 is 4.79 Å². The number of benzene rings is 1. The van der Waals surface area contributed by atoms with Crippen molar-refractivity contribution in [3.05, 3.63) is 61.2 Å². The van der Waals surface area contributed by atoms with Crippen molar-refractivity contribution in [2.75, 3.05) is 33.4 Å². The molecule has 0 aromatic heterocycles. The van der Waals surface area contributed by atoms with Crippen LogP contribution in [-0.2, 0) is 33.4 Å². The number of aliphatic hydroxyl groups is 1. The molecule has 11 nitrogen and oxygen atoms in total. The first-order chi connectivity index (χ1) is 24.6. The Hall–Kier alpha value is -3.06. The van der Waals surface area contributed by atoms with Crippen LogP contribution in [0.25, 0.3) is 0 Å². The van der Waals surface area contributed by atoms with Crippen LogP contribution in [-0.4, -0.2) is 106 Å². The van der Waals surface area contributed by atoms with Crippen molar-refractivity contribution in [2.45, 2.75) is 113 Å². The number of ether oxygens (including phenoxy) is 3. The molecular weight excluding hydrogens is 730 g/mol. The van der Waals surface area contributed by atoms with Crippen LogP contribution >= 0.6 is 15.9 Å². The van der Waals surface area contributed by atoms with E-state index < -0.39 is 53.2 Å². The Morgan fingerprint density at radius 3 is 2.44 bits per heavy atom. The number of amides is 3. The molecule has 1 unspecified atom stereocenters. The molecule has 3 amide bonds. The highest BCUT2D eigenvalue weighted by Gasteiger charge is 2.77. The van der Waals surface area contributed by atoms with Crippen LogP contribution in [0, 0.1) is 17.3 Å². The molecule has 1 aromatic rings. The Labute approximate surface area is 317 Å². The highest BCUT2D eigenvalue weighted by molar-refractivity contribution is 9.09. The maximum atomic E-state index is 15.0. The molecule has 288 valence electrons. The lowest BCUT2D eigenvalue weighted by Gasteiger charge is -2.45. The molecule has 3 aliphatic rings. The summed E-state index contributed by atoms with van der Waals surface area (Å²) in [6, 6.07) is 7.38. The molecule has 3 fully saturated rings. The van der Waals surface area contributed by atoms with Gasteiger partial charge in [-0.15, -0.1) is 13.2 Å². The molecule has 3 heterocycles. The summed E-state index contributed by atoms with van der Waals surface area (Å²) < 4.78 is 18.6. The summed E-state index contributed by atoms with van der Waals surface area (Å²) in [5.41, 5.74) is -1.35. The summed E-state index contributed by atoms with van der Waals surface area (Å²) in [5, 5.41) is 12.6. The molecule has 2 bridgehead atoms. The molecule has 3 saturated heterocycles. The number of esters is 1. The lowest BCUT2D eigenvalue weighted by atomic mass is 9.70. The second-order valence-corrected chi connectivity index (χ2v) is 17.3. The maximum Gasteiger partial charge on any atom is 0.313 e. The second kappa shape index (κ2) is 17.4. The second-order valence-electron chi connectivity index (χ2n) is 16.1. The quantitative estimate of drug-likeness (QED) is 0.0855. The third kappa shape index (κ3) is 8.83. The predicted octanol–water partition coefficient (Wildman–Crippen LogP) is 5.12. The van der Waals surface area contributed by atoms with E-state index in [2.05, 4.69) is 55.2 Å². The van der Waals surface area contributed by atoms with Gasteiger partial charge >= 0.3 is 5.97 Å². The van der Waals surface area contributed by atoms with Gasteiger partial charge in [-0.25, -0.2) is 0 Å². The maximum absolute atomic E-state index is 15.0. The zero-order chi connectivity index (χ0) is 38.4. The average molecular weight is 789 g/mol. The lowest BCUT2D eigenvalue weighted by Crippen LogP contribution is -2.61. The van der Waals surface area contributed by atoms with Gasteiger partial charge in [-0.2, -0.15) is 0 Å². The minimum absolute atomic E-state index is 0.0545. The minimum Gasteiger partial charge on any atom is -0.455 e. The van der Waals surface area contributed by atoms with Gasteiger partial charge in [0.15, 0.2) is 0 Å². The topological polar surface area (TPSA) is 135 Å². The molecule has 2 N–H and O–H groups in total. The van der Waals surface area contributed by atoms with E-state index in [1.54, 1.807) is 22.0 Å². The molecule has 0 aliphatic carbocycles. The number of fused-ring (bicyclic) bond motifs is 1. The zero-order valence-corrected chi connectivity index (χ0v) is 33.2. The SMILES string of the molecule is C=CCCC(=O)N[C@H](COC)[C@H](OC(=O)[C@@H]1[C@H]2O[C@@]3(CC2Br)[C@H](C(=O)N(CC=C)C(C)(C)CC(C)(C)C)N(CCCCO)C(=O)[C@@H]13)c1ccccc1. The zero-order valence-electron chi connectivity index (χ0n) is 31.6. The number of allylic oxidation sites excluding steroid dienone is 1. The molecule has 1 aromatic carbocycles. The van der Waals surface area contributed by atoms with Gasteiger partial charge in [0.25, 0.3) is 0 Å². The Kier molecular flexibility index (Phi) is 13.9. The Morgan fingerprint density at radius 2 is 1.85 bits per heavy atom. The molecule has 12 heteroatoms. The number of carbonyl (C=O) groups excluding carboxylic acids is 4. The number of alkyl halides is 1. The number of aliphatic hydroxyl groups excluding tert-OH is 1. The molecule has 0 radical (unpaired) electrons. The van der Waals surface area contributed by atoms with Gasteiger partial charge in [-0.1, -0.05) is 79.2 Å². The van der Waals surface area contributed by atoms with Crippen LogP contribution in [0.15, 0.2) is 55.6 Å². The standard InChI is InChI=1S/C40H58BrN3O8/c1-9-11-19-29(46)42-28(24-50-8)32(26-17-13-12-14-18-26)51-37(49)30-31-35(47)43(21-15-16-22-45)34(40(31)23-27(41)33(30)52-40)36(48)44(20-10-2)39(6,7)25-38(3,4)5/h9-10,12-14,17-18,27-28,30-34,45H,1-2,11,15-16,19-25H2,3-8H3,(H,42,46)/t27?,28-,30+,31-,32-,33+,34+,40-/m1/s1. The van der Waals surface area contributed by atoms with Gasteiger partial charge in [0.1, 0.15) is 17.7 Å². The van der Waals surface area contributed by atoms with Crippen LogP contribution in [0.1, 0.15) is 84.8 Å². The smallest absolute Gasteiger partial charge is 0.313 e. The molecule has 0 saturated carbocycles. The molecule has 3 aliphatic heterocycles. The van der Waals surface area contributed by atoms with Crippen molar-refractivity contribution in [3.63, 3.8) is 0 Å². The van der Waals surface area contributed by atoms with E-state index in [1.807, 2.05) is 44.2 Å². The van der Waals surface area contributed by atoms with E-state index in [-0.39, 0.29) is 60.7 Å². The van der Waals surface area contributed by atoms with Crippen molar-refractivity contribution >= 4 is 39.6 Å². The highest BCUT2D eigenvalue weighted by atomic mass is 79.9. The van der Waals surface area contributed by atoms with E-state index in [9.17, 15) is 19.5 Å². The van der Waals surface area contributed by atoms with Gasteiger partial charge in [0.05, 0.1) is 30.6 Å². The fourth-order valence-corrected chi connectivity index (χ4v) is 9.69. The number of nitrogens with zero attached hydrogens (tertiary/aromatic N) is 2. The molecule has 52 heavy (non-hydrogen) atoms. The molecule has 1 spiro atoms. The number of carbonyl (C=O) groups is 4. The normalized spacial score (nSPS) is 26.4. The van der Waals surface area contributed by atoms with E-state index in [4.69, 9.17) is 14.2 Å². The van der Waals surface area contributed by atoms with Crippen molar-refractivity contribution in [3.8, 4) is 0 Å². The predicted molar refractivity (Wildman–Crippen MR) is 202 cm³/mol. The first-order valence-electron chi connectivity index (χ1n) is 18.4. The van der Waals surface area contributed by atoms with Crippen LogP contribution < -0.4 is 5.32 Å². The van der Waals surface area contributed by atoms with Crippen molar-refractivity contribution < 1.29 is 38.5 Å². The number of nitrogens with one attached hydrogen (secondary N) is 1. The number of likely N-dealkylation sites (tertiary alicyclic amines) is 1. The van der Waals surface area contributed by atoms with E-state index in [0.29, 0.717) is 37.7 Å². The number of methoxy groups -OCH3 is 1. The largest absolute Gasteiger partial charge is 0.455 e. The Bertz CT molecular complexity index is 1450. The fourth-order valence-electron chi connectivity index (χ4n) is 8.74. The van der Waals surface area contributed by atoms with Crippen LogP contribution in [0.3, 0.4) is 0 Å². The minimum atomic E-state index is -1.29. The molecular formula is C40H58BrN3O8. The van der Waals surface area contributed by atoms with Gasteiger partial charge < -0.3 is 34.4 Å². The Morgan fingerprint density at radius 1 is 1.15 bits per heavy atom. The monoisotopic (exact) mass is 787 g/mol. The van der Waals surface area contributed by atoms with Crippen LogP contribution in [0.5, 0.6) is 0 Å². The van der Waals surface area contributed by atoms with Crippen molar-refractivity contribution in [1.29, 1.82) is 0 Å². The summed E-state index contributed by atoms with van der Waals surface area (Å²) >= 11 is 3.76. The fraction of sp³-hybridized carbons (Fsp3) is 0.650. The molecule has 8 atom stereocenters. The number of unbranched alkanes of at least 4 members (excludes halogenated alkanes) is 1. The lowest BCUT2D eigenvalue weighted by molar-refractivity contribution is -0.163. The number of hydrogen-bond donors (Lipinski definition) is 2. The first-order valence-corrected chi connectivity index (χ1v) is 19.3.